The van der Waals surface area contributed by atoms with Crippen LogP contribution in [0, 0.1) is 5.92 Å². The van der Waals surface area contributed by atoms with Gasteiger partial charge in [-0.15, -0.1) is 0 Å². The quantitative estimate of drug-likeness (QED) is 0.900. The van der Waals surface area contributed by atoms with Crippen LogP contribution in [0.4, 0.5) is 0 Å². The first kappa shape index (κ1) is 13.8. The lowest BCUT2D eigenvalue weighted by molar-refractivity contribution is -0.0333. The first-order valence-corrected chi connectivity index (χ1v) is 7.10. The molecule has 0 aliphatic carbocycles. The van der Waals surface area contributed by atoms with Gasteiger partial charge in [0.2, 0.25) is 0 Å². The van der Waals surface area contributed by atoms with Gasteiger partial charge < -0.3 is 15.2 Å². The molecule has 2 atom stereocenters. The van der Waals surface area contributed by atoms with E-state index in [2.05, 4.69) is 28.2 Å². The first-order valence-electron chi connectivity index (χ1n) is 6.31. The van der Waals surface area contributed by atoms with Crippen LogP contribution in [0.1, 0.15) is 18.9 Å². The molecular formula is C14H20BrNO2. The third kappa shape index (κ3) is 2.87. The predicted octanol–water partition coefficient (Wildman–Crippen LogP) is 2.36. The fourth-order valence-corrected chi connectivity index (χ4v) is 2.95. The molecule has 2 unspecified atom stereocenters. The molecule has 2 rings (SSSR count). The van der Waals surface area contributed by atoms with Crippen molar-refractivity contribution in [3.63, 3.8) is 0 Å². The van der Waals surface area contributed by atoms with Gasteiger partial charge in [0.15, 0.2) is 0 Å². The third-order valence-corrected chi connectivity index (χ3v) is 4.33. The largest absolute Gasteiger partial charge is 0.496 e. The van der Waals surface area contributed by atoms with Crippen molar-refractivity contribution in [2.24, 2.45) is 5.92 Å². The summed E-state index contributed by atoms with van der Waals surface area (Å²) >= 11 is 3.47. The summed E-state index contributed by atoms with van der Waals surface area (Å²) in [5.74, 6) is 1.09. The van der Waals surface area contributed by atoms with Crippen LogP contribution >= 0.6 is 15.9 Å². The lowest BCUT2D eigenvalue weighted by Crippen LogP contribution is -2.50. The Balaban J connectivity index is 2.24. The Morgan fingerprint density at radius 3 is 3.00 bits per heavy atom. The van der Waals surface area contributed by atoms with Gasteiger partial charge in [-0.3, -0.25) is 0 Å². The maximum Gasteiger partial charge on any atom is 0.122 e. The van der Waals surface area contributed by atoms with Gasteiger partial charge in [-0.05, 0) is 42.6 Å². The molecule has 0 bridgehead atoms. The molecule has 1 heterocycles. The van der Waals surface area contributed by atoms with Gasteiger partial charge in [-0.1, -0.05) is 22.9 Å². The predicted molar refractivity (Wildman–Crippen MR) is 76.0 cm³/mol. The van der Waals surface area contributed by atoms with Crippen LogP contribution in [0.25, 0.3) is 0 Å². The first-order chi connectivity index (χ1) is 8.55. The fourth-order valence-electron chi connectivity index (χ4n) is 2.54. The minimum Gasteiger partial charge on any atom is -0.496 e. The normalized spacial score (nSPS) is 28.1. The van der Waals surface area contributed by atoms with E-state index in [9.17, 15) is 5.11 Å². The molecular weight excluding hydrogens is 294 g/mol. The van der Waals surface area contributed by atoms with E-state index in [1.807, 2.05) is 18.2 Å². The van der Waals surface area contributed by atoms with Gasteiger partial charge in [0.05, 0.1) is 12.7 Å². The molecule has 1 aromatic rings. The highest BCUT2D eigenvalue weighted by molar-refractivity contribution is 9.10. The van der Waals surface area contributed by atoms with Gasteiger partial charge in [0.25, 0.3) is 0 Å². The van der Waals surface area contributed by atoms with Crippen molar-refractivity contribution in [2.75, 3.05) is 20.2 Å². The fraction of sp³-hybridized carbons (Fsp3) is 0.571. The van der Waals surface area contributed by atoms with E-state index in [0.717, 1.165) is 35.3 Å². The van der Waals surface area contributed by atoms with Crippen LogP contribution in [0.15, 0.2) is 22.7 Å². The van der Waals surface area contributed by atoms with E-state index in [-0.39, 0.29) is 5.92 Å². The molecule has 1 aliphatic rings. The third-order valence-electron chi connectivity index (χ3n) is 3.84. The van der Waals surface area contributed by atoms with Crippen molar-refractivity contribution >= 4 is 15.9 Å². The second-order valence-electron chi connectivity index (χ2n) is 5.09. The minimum absolute atomic E-state index is 0.245. The Morgan fingerprint density at radius 2 is 2.33 bits per heavy atom. The molecule has 3 nitrogen and oxygen atoms in total. The lowest BCUT2D eigenvalue weighted by Gasteiger charge is -2.39. The topological polar surface area (TPSA) is 41.5 Å². The summed E-state index contributed by atoms with van der Waals surface area (Å²) in [5.41, 5.74) is 0.419. The van der Waals surface area contributed by atoms with E-state index >= 15 is 0 Å². The number of methoxy groups -OCH3 is 1. The number of hydrogen-bond acceptors (Lipinski definition) is 3. The number of benzene rings is 1. The summed E-state index contributed by atoms with van der Waals surface area (Å²) in [4.78, 5) is 0. The van der Waals surface area contributed by atoms with E-state index in [0.29, 0.717) is 6.42 Å². The summed E-state index contributed by atoms with van der Waals surface area (Å²) in [6.07, 6.45) is 1.42. The number of piperidine rings is 1. The standard InChI is InChI=1S/C14H20BrNO2/c1-10-9-16-6-5-14(10,17)8-11-7-12(15)3-4-13(11)18-2/h3-4,7,10,16-17H,5-6,8-9H2,1-2H3. The summed E-state index contributed by atoms with van der Waals surface area (Å²) in [6, 6.07) is 5.93. The van der Waals surface area contributed by atoms with Crippen molar-refractivity contribution in [3.05, 3.63) is 28.2 Å². The molecule has 2 N–H and O–H groups in total. The van der Waals surface area contributed by atoms with Crippen LogP contribution in [0.3, 0.4) is 0 Å². The molecule has 1 aliphatic heterocycles. The van der Waals surface area contributed by atoms with Crippen LogP contribution < -0.4 is 10.1 Å². The highest BCUT2D eigenvalue weighted by Gasteiger charge is 2.36. The average molecular weight is 314 g/mol. The molecule has 1 fully saturated rings. The number of ether oxygens (including phenoxy) is 1. The van der Waals surface area contributed by atoms with Gasteiger partial charge in [0, 0.05) is 17.4 Å². The summed E-state index contributed by atoms with van der Waals surface area (Å²) in [5, 5.41) is 14.1. The van der Waals surface area contributed by atoms with E-state index in [1.54, 1.807) is 7.11 Å². The zero-order valence-electron chi connectivity index (χ0n) is 10.9. The smallest absolute Gasteiger partial charge is 0.122 e. The Bertz CT molecular complexity index is 424. The zero-order chi connectivity index (χ0) is 13.2. The Morgan fingerprint density at radius 1 is 1.56 bits per heavy atom. The molecule has 0 aromatic heterocycles. The monoisotopic (exact) mass is 313 g/mol. The molecule has 0 saturated carbocycles. The molecule has 1 aromatic carbocycles. The Hall–Kier alpha value is -0.580. The summed E-state index contributed by atoms with van der Waals surface area (Å²) in [6.45, 7) is 3.83. The molecule has 1 saturated heterocycles. The summed E-state index contributed by atoms with van der Waals surface area (Å²) < 4.78 is 6.39. The molecule has 0 amide bonds. The van der Waals surface area contributed by atoms with Gasteiger partial charge in [-0.2, -0.15) is 0 Å². The lowest BCUT2D eigenvalue weighted by atomic mass is 9.78. The second kappa shape index (κ2) is 5.59. The van der Waals surface area contributed by atoms with Crippen LogP contribution in [-0.4, -0.2) is 30.9 Å². The number of hydrogen-bond donors (Lipinski definition) is 2. The maximum absolute atomic E-state index is 10.8. The molecule has 100 valence electrons. The van der Waals surface area contributed by atoms with Crippen molar-refractivity contribution in [1.29, 1.82) is 0 Å². The highest BCUT2D eigenvalue weighted by atomic mass is 79.9. The van der Waals surface area contributed by atoms with E-state index in [4.69, 9.17) is 4.74 Å². The number of nitrogens with one attached hydrogen (secondary N) is 1. The van der Waals surface area contributed by atoms with Crippen molar-refractivity contribution in [2.45, 2.75) is 25.4 Å². The minimum atomic E-state index is -0.640. The van der Waals surface area contributed by atoms with E-state index in [1.165, 1.54) is 0 Å². The van der Waals surface area contributed by atoms with E-state index < -0.39 is 5.60 Å². The van der Waals surface area contributed by atoms with Crippen molar-refractivity contribution in [1.82, 2.24) is 5.32 Å². The Kier molecular flexibility index (Phi) is 4.30. The zero-order valence-corrected chi connectivity index (χ0v) is 12.5. The number of halogens is 1. The SMILES string of the molecule is COc1ccc(Br)cc1CC1(O)CCNCC1C. The molecule has 18 heavy (non-hydrogen) atoms. The van der Waals surface area contributed by atoms with Gasteiger partial charge in [0.1, 0.15) is 5.75 Å². The molecule has 0 spiro atoms. The molecule has 4 heteroatoms. The second-order valence-corrected chi connectivity index (χ2v) is 6.01. The number of rotatable bonds is 3. The van der Waals surface area contributed by atoms with Crippen LogP contribution in [-0.2, 0) is 6.42 Å². The van der Waals surface area contributed by atoms with Crippen LogP contribution in [0.2, 0.25) is 0 Å². The van der Waals surface area contributed by atoms with Crippen LogP contribution in [0.5, 0.6) is 5.75 Å². The average Bonchev–Trinajstić information content (AvgIpc) is 2.33. The Labute approximate surface area is 117 Å². The van der Waals surface area contributed by atoms with Gasteiger partial charge >= 0.3 is 0 Å². The summed E-state index contributed by atoms with van der Waals surface area (Å²) in [7, 11) is 1.67. The van der Waals surface area contributed by atoms with Crippen molar-refractivity contribution in [3.8, 4) is 5.75 Å². The molecule has 0 radical (unpaired) electrons. The highest BCUT2D eigenvalue weighted by Crippen LogP contribution is 2.33. The number of aliphatic hydroxyl groups is 1. The van der Waals surface area contributed by atoms with Gasteiger partial charge in [-0.25, -0.2) is 0 Å². The van der Waals surface area contributed by atoms with Crippen molar-refractivity contribution < 1.29 is 9.84 Å². The maximum atomic E-state index is 10.8.